The maximum atomic E-state index is 12.9. The molecule has 2 rings (SSSR count). The van der Waals surface area contributed by atoms with Crippen molar-refractivity contribution in [2.75, 3.05) is 21.3 Å². The summed E-state index contributed by atoms with van der Waals surface area (Å²) in [5, 5.41) is 0. The van der Waals surface area contributed by atoms with Gasteiger partial charge >= 0.3 is 0 Å². The van der Waals surface area contributed by atoms with E-state index < -0.39 is 15.8 Å². The molecule has 0 aliphatic carbocycles. The Hall–Kier alpha value is -2.32. The first-order chi connectivity index (χ1) is 11.4. The third kappa shape index (κ3) is 3.95. The lowest BCUT2D eigenvalue weighted by molar-refractivity contribution is 0.347. The molecule has 0 bridgehead atoms. The molecule has 6 nitrogen and oxygen atoms in total. The normalized spacial score (nSPS) is 11.2. The van der Waals surface area contributed by atoms with Gasteiger partial charge in [0.2, 0.25) is 10.0 Å². The van der Waals surface area contributed by atoms with Gasteiger partial charge in [-0.15, -0.1) is 0 Å². The van der Waals surface area contributed by atoms with E-state index in [0.717, 1.165) is 12.1 Å². The molecular weight excluding hydrogens is 337 g/mol. The summed E-state index contributed by atoms with van der Waals surface area (Å²) in [6.07, 6.45) is 0. The van der Waals surface area contributed by atoms with Crippen molar-refractivity contribution in [1.29, 1.82) is 0 Å². The van der Waals surface area contributed by atoms with Gasteiger partial charge in [-0.05, 0) is 30.3 Å². The van der Waals surface area contributed by atoms with Crippen LogP contribution in [-0.4, -0.2) is 29.7 Å². The van der Waals surface area contributed by atoms with Crippen molar-refractivity contribution in [2.45, 2.75) is 11.4 Å². The van der Waals surface area contributed by atoms with Crippen LogP contribution in [0.3, 0.4) is 0 Å². The predicted molar refractivity (Wildman–Crippen MR) is 86.5 cm³/mol. The van der Waals surface area contributed by atoms with E-state index in [1.165, 1.54) is 33.5 Å². The lowest BCUT2D eigenvalue weighted by Crippen LogP contribution is -2.23. The fourth-order valence-electron chi connectivity index (χ4n) is 2.10. The molecule has 0 saturated carbocycles. The minimum atomic E-state index is -3.78. The molecule has 0 aliphatic heterocycles. The van der Waals surface area contributed by atoms with Gasteiger partial charge in [-0.2, -0.15) is 0 Å². The quantitative estimate of drug-likeness (QED) is 0.825. The molecule has 0 fully saturated rings. The summed E-state index contributed by atoms with van der Waals surface area (Å²) in [7, 11) is 0.669. The highest BCUT2D eigenvalue weighted by Crippen LogP contribution is 2.34. The SMILES string of the molecule is COc1cc(OC)c(OC)cc1CNS(=O)(=O)c1ccc(F)cc1. The van der Waals surface area contributed by atoms with Crippen LogP contribution in [0.5, 0.6) is 17.2 Å². The molecule has 0 heterocycles. The van der Waals surface area contributed by atoms with Crippen molar-refractivity contribution < 1.29 is 27.0 Å². The van der Waals surface area contributed by atoms with Gasteiger partial charge in [0, 0.05) is 18.2 Å². The van der Waals surface area contributed by atoms with E-state index in [4.69, 9.17) is 14.2 Å². The van der Waals surface area contributed by atoms with Crippen LogP contribution in [0.4, 0.5) is 4.39 Å². The maximum Gasteiger partial charge on any atom is 0.240 e. The Bertz CT molecular complexity index is 806. The number of ether oxygens (including phenoxy) is 3. The molecule has 2 aromatic carbocycles. The second-order valence-electron chi connectivity index (χ2n) is 4.80. The Morgan fingerprint density at radius 1 is 0.917 bits per heavy atom. The molecule has 0 atom stereocenters. The summed E-state index contributed by atoms with van der Waals surface area (Å²) < 4.78 is 55.5. The average molecular weight is 355 g/mol. The maximum absolute atomic E-state index is 12.9. The van der Waals surface area contributed by atoms with E-state index in [-0.39, 0.29) is 11.4 Å². The van der Waals surface area contributed by atoms with Crippen LogP contribution in [0, 0.1) is 5.82 Å². The summed E-state index contributed by atoms with van der Waals surface area (Å²) in [4.78, 5) is -0.0247. The zero-order valence-electron chi connectivity index (χ0n) is 13.5. The molecule has 130 valence electrons. The number of nitrogens with one attached hydrogen (secondary N) is 1. The zero-order valence-corrected chi connectivity index (χ0v) is 14.3. The third-order valence-corrected chi connectivity index (χ3v) is 4.78. The fraction of sp³-hybridized carbons (Fsp3) is 0.250. The van der Waals surface area contributed by atoms with Crippen molar-refractivity contribution in [3.8, 4) is 17.2 Å². The molecule has 0 aromatic heterocycles. The van der Waals surface area contributed by atoms with Crippen LogP contribution in [0.1, 0.15) is 5.56 Å². The van der Waals surface area contributed by atoms with Gasteiger partial charge in [-0.25, -0.2) is 17.5 Å². The van der Waals surface area contributed by atoms with E-state index in [2.05, 4.69) is 4.72 Å². The number of sulfonamides is 1. The van der Waals surface area contributed by atoms with Gasteiger partial charge < -0.3 is 14.2 Å². The van der Waals surface area contributed by atoms with Crippen LogP contribution in [0.2, 0.25) is 0 Å². The number of hydrogen-bond acceptors (Lipinski definition) is 5. The highest BCUT2D eigenvalue weighted by atomic mass is 32.2. The lowest BCUT2D eigenvalue weighted by atomic mass is 10.1. The molecule has 0 saturated heterocycles. The van der Waals surface area contributed by atoms with E-state index in [1.807, 2.05) is 0 Å². The number of halogens is 1. The van der Waals surface area contributed by atoms with Crippen LogP contribution >= 0.6 is 0 Å². The van der Waals surface area contributed by atoms with Crippen LogP contribution in [-0.2, 0) is 16.6 Å². The fourth-order valence-corrected chi connectivity index (χ4v) is 3.11. The largest absolute Gasteiger partial charge is 0.496 e. The average Bonchev–Trinajstić information content (AvgIpc) is 2.59. The minimum absolute atomic E-state index is 0.0246. The molecule has 0 spiro atoms. The highest BCUT2D eigenvalue weighted by Gasteiger charge is 2.17. The molecule has 24 heavy (non-hydrogen) atoms. The molecule has 0 amide bonds. The molecule has 0 aliphatic rings. The molecule has 0 radical (unpaired) electrons. The topological polar surface area (TPSA) is 73.9 Å². The van der Waals surface area contributed by atoms with E-state index in [1.54, 1.807) is 12.1 Å². The van der Waals surface area contributed by atoms with E-state index in [0.29, 0.717) is 22.8 Å². The summed E-state index contributed by atoms with van der Waals surface area (Å²) >= 11 is 0. The first-order valence-electron chi connectivity index (χ1n) is 6.95. The number of hydrogen-bond donors (Lipinski definition) is 1. The van der Waals surface area contributed by atoms with Crippen LogP contribution in [0.25, 0.3) is 0 Å². The second kappa shape index (κ2) is 7.50. The Labute approximate surface area is 140 Å². The van der Waals surface area contributed by atoms with Crippen LogP contribution in [0.15, 0.2) is 41.3 Å². The van der Waals surface area contributed by atoms with E-state index >= 15 is 0 Å². The number of methoxy groups -OCH3 is 3. The first-order valence-corrected chi connectivity index (χ1v) is 8.43. The Morgan fingerprint density at radius 2 is 1.46 bits per heavy atom. The summed E-state index contributed by atoms with van der Waals surface area (Å²) in [6, 6.07) is 7.81. The third-order valence-electron chi connectivity index (χ3n) is 3.36. The molecular formula is C16H18FNO5S. The van der Waals surface area contributed by atoms with Crippen molar-refractivity contribution in [2.24, 2.45) is 0 Å². The lowest BCUT2D eigenvalue weighted by Gasteiger charge is -2.14. The molecule has 0 unspecified atom stereocenters. The monoisotopic (exact) mass is 355 g/mol. The number of benzene rings is 2. The molecule has 8 heteroatoms. The summed E-state index contributed by atoms with van der Waals surface area (Å²) in [5.41, 5.74) is 0.570. The smallest absolute Gasteiger partial charge is 0.240 e. The molecule has 1 N–H and O–H groups in total. The predicted octanol–water partition coefficient (Wildman–Crippen LogP) is 2.33. The summed E-state index contributed by atoms with van der Waals surface area (Å²) in [6.45, 7) is -0.0246. The standard InChI is InChI=1S/C16H18FNO5S/c1-21-14-9-16(23-3)15(22-2)8-11(14)10-18-24(19,20)13-6-4-12(17)5-7-13/h4-9,18H,10H2,1-3H3. The van der Waals surface area contributed by atoms with Gasteiger partial charge in [-0.1, -0.05) is 0 Å². The Balaban J connectivity index is 2.26. The van der Waals surface area contributed by atoms with Gasteiger partial charge in [0.05, 0.1) is 26.2 Å². The Morgan fingerprint density at radius 3 is 2.00 bits per heavy atom. The molecule has 2 aromatic rings. The minimum Gasteiger partial charge on any atom is -0.496 e. The van der Waals surface area contributed by atoms with Gasteiger partial charge in [0.25, 0.3) is 0 Å². The van der Waals surface area contributed by atoms with Crippen molar-refractivity contribution in [3.63, 3.8) is 0 Å². The van der Waals surface area contributed by atoms with Crippen LogP contribution < -0.4 is 18.9 Å². The van der Waals surface area contributed by atoms with Crippen molar-refractivity contribution in [3.05, 3.63) is 47.8 Å². The Kier molecular flexibility index (Phi) is 5.63. The zero-order chi connectivity index (χ0) is 17.7. The van der Waals surface area contributed by atoms with Gasteiger partial charge in [0.15, 0.2) is 11.5 Å². The van der Waals surface area contributed by atoms with E-state index in [9.17, 15) is 12.8 Å². The van der Waals surface area contributed by atoms with Gasteiger partial charge in [-0.3, -0.25) is 0 Å². The van der Waals surface area contributed by atoms with Crippen molar-refractivity contribution >= 4 is 10.0 Å². The second-order valence-corrected chi connectivity index (χ2v) is 6.56. The number of rotatable bonds is 7. The van der Waals surface area contributed by atoms with Crippen molar-refractivity contribution in [1.82, 2.24) is 4.72 Å². The van der Waals surface area contributed by atoms with Gasteiger partial charge in [0.1, 0.15) is 11.6 Å². The first kappa shape index (κ1) is 18.0. The summed E-state index contributed by atoms with van der Waals surface area (Å²) in [5.74, 6) is 0.874. The highest BCUT2D eigenvalue weighted by molar-refractivity contribution is 7.89.